The maximum absolute atomic E-state index is 13.3. The maximum Gasteiger partial charge on any atom is 0.416 e. The summed E-state index contributed by atoms with van der Waals surface area (Å²) in [6.45, 7) is 1.59. The Morgan fingerprint density at radius 2 is 1.81 bits per heavy atom. The van der Waals surface area contributed by atoms with Gasteiger partial charge in [-0.15, -0.1) is 0 Å². The summed E-state index contributed by atoms with van der Waals surface area (Å²) in [6.07, 6.45) is -4.61. The van der Waals surface area contributed by atoms with Crippen molar-refractivity contribution in [3.05, 3.63) is 87.4 Å². The molecule has 0 spiro atoms. The molecule has 188 valence electrons. The second kappa shape index (κ2) is 8.48. The minimum atomic E-state index is -4.61. The first-order valence-corrected chi connectivity index (χ1v) is 11.3. The van der Waals surface area contributed by atoms with E-state index in [1.54, 1.807) is 6.92 Å². The number of carbonyl (C=O) groups is 1. The normalized spacial score (nSPS) is 11.8. The Morgan fingerprint density at radius 1 is 1.11 bits per heavy atom. The van der Waals surface area contributed by atoms with Crippen molar-refractivity contribution in [1.82, 2.24) is 9.55 Å². The number of benzene rings is 2. The van der Waals surface area contributed by atoms with Crippen molar-refractivity contribution in [3.8, 4) is 28.0 Å². The average Bonchev–Trinajstić information content (AvgIpc) is 3.53. The number of nitrogens with zero attached hydrogens (tertiary/aromatic N) is 3. The monoisotopic (exact) mass is 529 g/mol. The summed E-state index contributed by atoms with van der Waals surface area (Å²) in [4.78, 5) is 28.3. The number of ketones is 1. The zero-order valence-electron chi connectivity index (χ0n) is 18.6. The van der Waals surface area contributed by atoms with Crippen LogP contribution in [0.3, 0.4) is 0 Å². The number of alkyl halides is 3. The Morgan fingerprint density at radius 3 is 2.41 bits per heavy atom. The van der Waals surface area contributed by atoms with Crippen molar-refractivity contribution in [2.24, 2.45) is 0 Å². The van der Waals surface area contributed by atoms with Gasteiger partial charge in [-0.1, -0.05) is 23.5 Å². The van der Waals surface area contributed by atoms with Crippen LogP contribution in [0.4, 0.5) is 18.9 Å². The first kappa shape index (κ1) is 24.1. The van der Waals surface area contributed by atoms with Gasteiger partial charge in [-0.25, -0.2) is 4.98 Å². The lowest BCUT2D eigenvalue weighted by molar-refractivity contribution is -0.384. The second-order valence-electron chi connectivity index (χ2n) is 7.95. The standard InChI is InChI=1S/C24H14F3N3O6S/c1-11-2-9-16(36-11)20(31)18-19(12-3-5-13(6-4-12)24(25,26)27)29(22(33)21(18)32)23-28-15-8-7-14(30(34)35)10-17(15)37-23/h2-10,32-33H,1H3. The van der Waals surface area contributed by atoms with Gasteiger partial charge < -0.3 is 14.6 Å². The molecule has 0 radical (unpaired) electrons. The molecule has 5 rings (SSSR count). The highest BCUT2D eigenvalue weighted by Crippen LogP contribution is 2.46. The number of hydrogen-bond donors (Lipinski definition) is 2. The molecule has 0 bridgehead atoms. The molecule has 0 saturated heterocycles. The molecule has 2 aromatic carbocycles. The van der Waals surface area contributed by atoms with E-state index < -0.39 is 39.6 Å². The van der Waals surface area contributed by atoms with Crippen LogP contribution >= 0.6 is 11.3 Å². The minimum Gasteiger partial charge on any atom is -0.503 e. The van der Waals surface area contributed by atoms with Crippen LogP contribution in [0.1, 0.15) is 27.4 Å². The highest BCUT2D eigenvalue weighted by molar-refractivity contribution is 7.20. The highest BCUT2D eigenvalue weighted by Gasteiger charge is 2.34. The molecular weight excluding hydrogens is 515 g/mol. The number of aromatic nitrogens is 2. The van der Waals surface area contributed by atoms with E-state index in [2.05, 4.69) is 4.98 Å². The van der Waals surface area contributed by atoms with Gasteiger partial charge in [0.1, 0.15) is 5.76 Å². The number of nitro benzene ring substituents is 1. The number of rotatable bonds is 5. The van der Waals surface area contributed by atoms with Gasteiger partial charge in [0.2, 0.25) is 11.7 Å². The highest BCUT2D eigenvalue weighted by atomic mass is 32.1. The molecule has 0 amide bonds. The zero-order chi connectivity index (χ0) is 26.6. The van der Waals surface area contributed by atoms with E-state index in [0.29, 0.717) is 16.0 Å². The van der Waals surface area contributed by atoms with Crippen LogP contribution in [0.25, 0.3) is 26.6 Å². The number of halogens is 3. The number of carbonyl (C=O) groups excluding carboxylic acids is 1. The molecule has 0 unspecified atom stereocenters. The molecule has 0 saturated carbocycles. The largest absolute Gasteiger partial charge is 0.503 e. The number of nitro groups is 1. The lowest BCUT2D eigenvalue weighted by Crippen LogP contribution is -2.06. The van der Waals surface area contributed by atoms with E-state index in [0.717, 1.165) is 40.2 Å². The van der Waals surface area contributed by atoms with Gasteiger partial charge in [0.25, 0.3) is 5.69 Å². The Labute approximate surface area is 208 Å². The molecule has 37 heavy (non-hydrogen) atoms. The van der Waals surface area contributed by atoms with Gasteiger partial charge in [-0.3, -0.25) is 19.5 Å². The molecule has 13 heteroatoms. The molecular formula is C24H14F3N3O6S. The Bertz CT molecular complexity index is 1700. The number of aromatic hydroxyl groups is 2. The lowest BCUT2D eigenvalue weighted by atomic mass is 10.0. The van der Waals surface area contributed by atoms with Crippen molar-refractivity contribution in [2.75, 3.05) is 0 Å². The third-order valence-electron chi connectivity index (χ3n) is 5.56. The second-order valence-corrected chi connectivity index (χ2v) is 8.96. The first-order valence-electron chi connectivity index (χ1n) is 10.5. The van der Waals surface area contributed by atoms with Crippen molar-refractivity contribution >= 4 is 33.0 Å². The summed E-state index contributed by atoms with van der Waals surface area (Å²) in [7, 11) is 0. The van der Waals surface area contributed by atoms with Crippen LogP contribution < -0.4 is 0 Å². The molecule has 0 aliphatic carbocycles. The fourth-order valence-corrected chi connectivity index (χ4v) is 4.84. The summed E-state index contributed by atoms with van der Waals surface area (Å²) in [5.41, 5.74) is -1.32. The summed E-state index contributed by atoms with van der Waals surface area (Å²) >= 11 is 0.908. The van der Waals surface area contributed by atoms with Gasteiger partial charge in [0, 0.05) is 12.1 Å². The van der Waals surface area contributed by atoms with Crippen molar-refractivity contribution in [3.63, 3.8) is 0 Å². The molecule has 0 atom stereocenters. The van der Waals surface area contributed by atoms with Crippen LogP contribution in [0.15, 0.2) is 59.0 Å². The average molecular weight is 529 g/mol. The maximum atomic E-state index is 13.3. The number of fused-ring (bicyclic) bond motifs is 1. The van der Waals surface area contributed by atoms with E-state index in [4.69, 9.17) is 4.42 Å². The quantitative estimate of drug-likeness (QED) is 0.157. The van der Waals surface area contributed by atoms with Crippen LogP contribution in [-0.4, -0.2) is 30.5 Å². The summed E-state index contributed by atoms with van der Waals surface area (Å²) in [6, 6.07) is 10.6. The molecule has 2 N–H and O–H groups in total. The van der Waals surface area contributed by atoms with Crippen LogP contribution in [0.5, 0.6) is 11.6 Å². The molecule has 3 heterocycles. The zero-order valence-corrected chi connectivity index (χ0v) is 19.4. The van der Waals surface area contributed by atoms with E-state index >= 15 is 0 Å². The fraction of sp³-hybridized carbons (Fsp3) is 0.0833. The Kier molecular flexibility index (Phi) is 5.52. The van der Waals surface area contributed by atoms with Crippen LogP contribution in [0.2, 0.25) is 0 Å². The third kappa shape index (κ3) is 4.08. The Balaban J connectivity index is 1.77. The smallest absolute Gasteiger partial charge is 0.416 e. The minimum absolute atomic E-state index is 0.00729. The molecule has 9 nitrogen and oxygen atoms in total. The van der Waals surface area contributed by atoms with E-state index in [1.807, 2.05) is 0 Å². The van der Waals surface area contributed by atoms with E-state index in [-0.39, 0.29) is 27.8 Å². The predicted molar refractivity (Wildman–Crippen MR) is 126 cm³/mol. The number of thiazole rings is 1. The molecule has 0 aliphatic rings. The lowest BCUT2D eigenvalue weighted by Gasteiger charge is -2.11. The molecule has 3 aromatic heterocycles. The number of furan rings is 1. The van der Waals surface area contributed by atoms with E-state index in [1.165, 1.54) is 30.3 Å². The van der Waals surface area contributed by atoms with Gasteiger partial charge in [-0.05, 0) is 42.8 Å². The predicted octanol–water partition coefficient (Wildman–Crippen LogP) is 6.22. The fourth-order valence-electron chi connectivity index (χ4n) is 3.83. The third-order valence-corrected chi connectivity index (χ3v) is 6.56. The summed E-state index contributed by atoms with van der Waals surface area (Å²) < 4.78 is 46.2. The summed E-state index contributed by atoms with van der Waals surface area (Å²) in [5.74, 6) is -2.23. The van der Waals surface area contributed by atoms with Gasteiger partial charge in [-0.2, -0.15) is 13.2 Å². The topological polar surface area (TPSA) is 132 Å². The summed E-state index contributed by atoms with van der Waals surface area (Å²) in [5, 5.41) is 32.9. The van der Waals surface area contributed by atoms with Crippen molar-refractivity contribution < 1.29 is 37.5 Å². The Hall–Kier alpha value is -4.65. The van der Waals surface area contributed by atoms with Gasteiger partial charge in [0.05, 0.1) is 32.0 Å². The van der Waals surface area contributed by atoms with Crippen LogP contribution in [-0.2, 0) is 6.18 Å². The molecule has 0 aliphatic heterocycles. The number of non-ortho nitro benzene ring substituents is 1. The number of hydrogen-bond acceptors (Lipinski definition) is 8. The SMILES string of the molecule is Cc1ccc(C(=O)c2c(O)c(O)n(-c3nc4ccc([N+](=O)[O-])cc4s3)c2-c2ccc(C(F)(F)F)cc2)o1. The molecule has 5 aromatic rings. The van der Waals surface area contributed by atoms with Crippen LogP contribution in [0, 0.1) is 17.0 Å². The van der Waals surface area contributed by atoms with E-state index in [9.17, 15) is 38.3 Å². The van der Waals surface area contributed by atoms with Gasteiger partial charge >= 0.3 is 6.18 Å². The first-order chi connectivity index (χ1) is 17.5. The number of aryl methyl sites for hydroxylation is 1. The molecule has 0 fully saturated rings. The van der Waals surface area contributed by atoms with Gasteiger partial charge in [0.15, 0.2) is 16.6 Å². The van der Waals surface area contributed by atoms with Crippen molar-refractivity contribution in [1.29, 1.82) is 0 Å². The van der Waals surface area contributed by atoms with Crippen molar-refractivity contribution in [2.45, 2.75) is 13.1 Å².